The third-order valence-corrected chi connectivity index (χ3v) is 2.92. The van der Waals surface area contributed by atoms with Gasteiger partial charge in [0, 0.05) is 24.2 Å². The molecule has 0 spiro atoms. The van der Waals surface area contributed by atoms with Gasteiger partial charge in [-0.25, -0.2) is 0 Å². The maximum Gasteiger partial charge on any atom is 0.302 e. The second kappa shape index (κ2) is 4.46. The molecule has 1 aliphatic rings. The minimum Gasteiger partial charge on any atom is -0.460 e. The third-order valence-electron chi connectivity index (χ3n) is 2.03. The molecule has 3 nitrogen and oxygen atoms in total. The fraction of sp³-hybridized carbons (Fsp3) is 0.875. The lowest BCUT2D eigenvalue weighted by Gasteiger charge is -2.36. The molecule has 5 heteroatoms. The van der Waals surface area contributed by atoms with Crippen LogP contribution in [-0.2, 0) is 14.3 Å². The number of ether oxygens (including phenoxy) is 2. The summed E-state index contributed by atoms with van der Waals surface area (Å²) in [7, 11) is 5.65. The van der Waals surface area contributed by atoms with Crippen molar-refractivity contribution in [1.29, 1.82) is 0 Å². The number of alkyl halides is 1. The number of esters is 1. The molecule has 4 unspecified atom stereocenters. The predicted molar refractivity (Wildman–Crippen MR) is 53.0 cm³/mol. The van der Waals surface area contributed by atoms with Crippen molar-refractivity contribution in [3.63, 3.8) is 0 Å². The van der Waals surface area contributed by atoms with Gasteiger partial charge in [0.25, 0.3) is 0 Å². The molecular weight excluding hydrogens is 235 g/mol. The molecule has 0 aliphatic carbocycles. The second-order valence-corrected chi connectivity index (χ2v) is 4.38. The second-order valence-electron chi connectivity index (χ2n) is 3.21. The van der Waals surface area contributed by atoms with Crippen LogP contribution in [0.4, 0.5) is 0 Å². The van der Waals surface area contributed by atoms with Gasteiger partial charge in [-0.2, -0.15) is 0 Å². The van der Waals surface area contributed by atoms with Gasteiger partial charge in [0.15, 0.2) is 0 Å². The number of carbonyl (C=O) groups is 1. The number of hydrogen-bond donors (Lipinski definition) is 0. The molecule has 4 atom stereocenters. The Morgan fingerprint density at radius 3 is 2.85 bits per heavy atom. The van der Waals surface area contributed by atoms with E-state index in [9.17, 15) is 4.79 Å². The Hall–Kier alpha value is -0.0251. The Morgan fingerprint density at radius 1 is 1.69 bits per heavy atom. The zero-order valence-corrected chi connectivity index (χ0v) is 9.28. The van der Waals surface area contributed by atoms with Crippen molar-refractivity contribution >= 4 is 29.7 Å². The van der Waals surface area contributed by atoms with E-state index in [0.717, 1.165) is 0 Å². The van der Waals surface area contributed by atoms with E-state index in [2.05, 4.69) is 15.9 Å². The van der Waals surface area contributed by atoms with Crippen LogP contribution in [0.5, 0.6) is 0 Å². The van der Waals surface area contributed by atoms with E-state index in [4.69, 9.17) is 17.3 Å². The van der Waals surface area contributed by atoms with Crippen molar-refractivity contribution in [2.45, 2.75) is 43.3 Å². The Balaban J connectivity index is 2.51. The normalized spacial score (nSPS) is 39.9. The van der Waals surface area contributed by atoms with Gasteiger partial charge in [0.1, 0.15) is 14.0 Å². The molecule has 72 valence electrons. The van der Waals surface area contributed by atoms with Crippen LogP contribution in [0.1, 0.15) is 20.3 Å². The fourth-order valence-electron chi connectivity index (χ4n) is 1.33. The summed E-state index contributed by atoms with van der Waals surface area (Å²) in [6.07, 6.45) is 0.372. The summed E-state index contributed by atoms with van der Waals surface area (Å²) in [6.45, 7) is 3.25. The van der Waals surface area contributed by atoms with E-state index < -0.39 is 0 Å². The van der Waals surface area contributed by atoms with Gasteiger partial charge < -0.3 is 9.47 Å². The van der Waals surface area contributed by atoms with Crippen LogP contribution in [0.25, 0.3) is 0 Å². The molecule has 1 fully saturated rings. The Morgan fingerprint density at radius 2 is 2.31 bits per heavy atom. The molecule has 0 amide bonds. The largest absolute Gasteiger partial charge is 0.460 e. The van der Waals surface area contributed by atoms with Crippen LogP contribution in [-0.4, -0.2) is 36.9 Å². The van der Waals surface area contributed by atoms with Crippen LogP contribution in [0, 0.1) is 0 Å². The minimum atomic E-state index is -0.318. The van der Waals surface area contributed by atoms with Crippen LogP contribution >= 0.6 is 15.9 Å². The first-order chi connectivity index (χ1) is 6.00. The smallest absolute Gasteiger partial charge is 0.302 e. The summed E-state index contributed by atoms with van der Waals surface area (Å²) < 4.78 is 10.4. The summed E-state index contributed by atoms with van der Waals surface area (Å²) in [5.74, 6) is -0.282. The highest BCUT2D eigenvalue weighted by Crippen LogP contribution is 2.25. The Bertz CT molecular complexity index is 200. The summed E-state index contributed by atoms with van der Waals surface area (Å²) in [4.78, 5) is 10.8. The number of carbonyl (C=O) groups excluding carboxylic acids is 1. The van der Waals surface area contributed by atoms with Gasteiger partial charge in [0.2, 0.25) is 0 Å². The topological polar surface area (TPSA) is 35.5 Å². The molecule has 2 radical (unpaired) electrons. The van der Waals surface area contributed by atoms with Crippen molar-refractivity contribution in [2.75, 3.05) is 0 Å². The summed E-state index contributed by atoms with van der Waals surface area (Å²) >= 11 is 3.37. The van der Waals surface area contributed by atoms with Crippen molar-refractivity contribution in [2.24, 2.45) is 0 Å². The zero-order chi connectivity index (χ0) is 10.0. The lowest BCUT2D eigenvalue weighted by atomic mass is 9.89. The highest BCUT2D eigenvalue weighted by atomic mass is 79.9. The van der Waals surface area contributed by atoms with Gasteiger partial charge in [-0.05, 0) is 6.92 Å². The Kier molecular flexibility index (Phi) is 3.80. The highest BCUT2D eigenvalue weighted by molar-refractivity contribution is 9.09. The van der Waals surface area contributed by atoms with Gasteiger partial charge in [-0.15, -0.1) is 0 Å². The van der Waals surface area contributed by atoms with Gasteiger partial charge in [-0.1, -0.05) is 15.9 Å². The van der Waals surface area contributed by atoms with E-state index >= 15 is 0 Å². The number of halogens is 1. The third kappa shape index (κ3) is 2.99. The van der Waals surface area contributed by atoms with Crippen molar-refractivity contribution < 1.29 is 14.3 Å². The molecule has 0 aromatic rings. The number of hydrogen-bond acceptors (Lipinski definition) is 3. The zero-order valence-electron chi connectivity index (χ0n) is 7.70. The lowest BCUT2D eigenvalue weighted by molar-refractivity contribution is -0.160. The number of rotatable bonds is 1. The quantitative estimate of drug-likeness (QED) is 0.393. The van der Waals surface area contributed by atoms with Crippen LogP contribution in [0.15, 0.2) is 0 Å². The summed E-state index contributed by atoms with van der Waals surface area (Å²) in [5, 5.41) is 0. The van der Waals surface area contributed by atoms with Crippen LogP contribution in [0.2, 0.25) is 0 Å². The predicted octanol–water partition coefficient (Wildman–Crippen LogP) is 0.985. The summed E-state index contributed by atoms with van der Waals surface area (Å²) in [6, 6.07) is -0.318. The van der Waals surface area contributed by atoms with Gasteiger partial charge in [0.05, 0.1) is 6.10 Å². The first-order valence-corrected chi connectivity index (χ1v) is 5.14. The monoisotopic (exact) mass is 246 g/mol. The molecule has 1 aliphatic heterocycles. The molecule has 1 saturated heterocycles. The van der Waals surface area contributed by atoms with Gasteiger partial charge >= 0.3 is 5.97 Å². The molecule has 0 saturated carbocycles. The van der Waals surface area contributed by atoms with E-state index in [1.165, 1.54) is 6.92 Å². The molecule has 0 bridgehead atoms. The van der Waals surface area contributed by atoms with E-state index in [-0.39, 0.29) is 29.0 Å². The Labute approximate surface area is 87.7 Å². The minimum absolute atomic E-state index is 0.0491. The summed E-state index contributed by atoms with van der Waals surface area (Å²) in [5.41, 5.74) is 0. The molecule has 13 heavy (non-hydrogen) atoms. The van der Waals surface area contributed by atoms with E-state index in [1.54, 1.807) is 0 Å². The van der Waals surface area contributed by atoms with E-state index in [1.807, 2.05) is 6.92 Å². The highest BCUT2D eigenvalue weighted by Gasteiger charge is 2.33. The molecular formula is C8H12BBrO3. The van der Waals surface area contributed by atoms with Crippen LogP contribution in [0.3, 0.4) is 0 Å². The maximum atomic E-state index is 10.7. The SMILES string of the molecule is [B]C1OC(C)C(OC(C)=O)CC1Br. The molecule has 1 heterocycles. The average molecular weight is 247 g/mol. The lowest BCUT2D eigenvalue weighted by Crippen LogP contribution is -2.45. The molecule has 0 N–H and O–H groups in total. The first-order valence-electron chi connectivity index (χ1n) is 4.23. The molecule has 0 aromatic carbocycles. The maximum absolute atomic E-state index is 10.7. The average Bonchev–Trinajstić information content (AvgIpc) is 1.99. The molecule has 1 rings (SSSR count). The van der Waals surface area contributed by atoms with Crippen molar-refractivity contribution in [3.8, 4) is 0 Å². The molecule has 0 aromatic heterocycles. The fourth-order valence-corrected chi connectivity index (χ4v) is 1.82. The first kappa shape index (κ1) is 11.1. The van der Waals surface area contributed by atoms with E-state index in [0.29, 0.717) is 6.42 Å². The van der Waals surface area contributed by atoms with Crippen molar-refractivity contribution in [1.82, 2.24) is 0 Å². The van der Waals surface area contributed by atoms with Gasteiger partial charge in [-0.3, -0.25) is 4.79 Å². The standard InChI is InChI=1S/C8H12BBrO3/c1-4-7(13-5(2)11)3-6(10)8(9)12-4/h4,6-8H,3H2,1-2H3. The van der Waals surface area contributed by atoms with Crippen LogP contribution < -0.4 is 0 Å². The van der Waals surface area contributed by atoms with Crippen molar-refractivity contribution in [3.05, 3.63) is 0 Å².